The first kappa shape index (κ1) is 6.55. The fourth-order valence-corrected chi connectivity index (χ4v) is 1.08. The van der Waals surface area contributed by atoms with Gasteiger partial charge < -0.3 is 10.6 Å². The van der Waals surface area contributed by atoms with Gasteiger partial charge in [0.15, 0.2) is 0 Å². The van der Waals surface area contributed by atoms with Crippen molar-refractivity contribution in [1.29, 1.82) is 0 Å². The van der Waals surface area contributed by atoms with Crippen LogP contribution in [-0.2, 0) is 4.79 Å². The topological polar surface area (TPSA) is 41.1 Å². The number of hydrogen-bond donors (Lipinski definition) is 2. The fourth-order valence-electron chi connectivity index (χ4n) is 1.08. The summed E-state index contributed by atoms with van der Waals surface area (Å²) in [5.41, 5.74) is 0. The molecular weight excluding hydrogens is 116 g/mol. The average Bonchev–Trinajstić information content (AvgIpc) is 1.91. The molecule has 3 heteroatoms. The standard InChI is InChI=1S/C6H12N2O/c9-5-8-6-1-3-7-4-2-6/h5-7H,1-4H2,(H,8,9). The summed E-state index contributed by atoms with van der Waals surface area (Å²) in [5.74, 6) is 0. The van der Waals surface area contributed by atoms with Crippen molar-refractivity contribution >= 4 is 6.41 Å². The number of carbonyl (C=O) groups is 1. The molecule has 2 N–H and O–H groups in total. The van der Waals surface area contributed by atoms with E-state index in [1.165, 1.54) is 0 Å². The highest BCUT2D eigenvalue weighted by molar-refractivity contribution is 5.46. The van der Waals surface area contributed by atoms with E-state index in [1.54, 1.807) is 0 Å². The van der Waals surface area contributed by atoms with E-state index >= 15 is 0 Å². The minimum atomic E-state index is 0.420. The third-order valence-electron chi connectivity index (χ3n) is 1.64. The molecule has 1 fully saturated rings. The highest BCUT2D eigenvalue weighted by Crippen LogP contribution is 1.99. The van der Waals surface area contributed by atoms with Crippen LogP contribution in [0.15, 0.2) is 0 Å². The second-order valence-electron chi connectivity index (χ2n) is 2.31. The average molecular weight is 128 g/mol. The van der Waals surface area contributed by atoms with Crippen molar-refractivity contribution in [2.75, 3.05) is 13.1 Å². The molecule has 0 radical (unpaired) electrons. The van der Waals surface area contributed by atoms with E-state index in [9.17, 15) is 4.79 Å². The molecule has 0 unspecified atom stereocenters. The molecule has 52 valence electrons. The van der Waals surface area contributed by atoms with Gasteiger partial charge in [-0.25, -0.2) is 0 Å². The third kappa shape index (κ3) is 2.01. The molecule has 0 spiro atoms. The van der Waals surface area contributed by atoms with Gasteiger partial charge in [0.25, 0.3) is 0 Å². The molecule has 1 rings (SSSR count). The van der Waals surface area contributed by atoms with Crippen LogP contribution in [0.25, 0.3) is 0 Å². The maximum absolute atomic E-state index is 9.94. The monoisotopic (exact) mass is 128 g/mol. The number of hydrogen-bond acceptors (Lipinski definition) is 2. The number of piperidine rings is 1. The van der Waals surface area contributed by atoms with Crippen LogP contribution in [0, 0.1) is 0 Å². The quantitative estimate of drug-likeness (QED) is 0.491. The van der Waals surface area contributed by atoms with Crippen molar-refractivity contribution in [3.63, 3.8) is 0 Å². The molecule has 0 aromatic heterocycles. The van der Waals surface area contributed by atoms with Gasteiger partial charge in [-0.3, -0.25) is 4.79 Å². The second kappa shape index (κ2) is 3.45. The number of nitrogens with one attached hydrogen (secondary N) is 2. The predicted octanol–water partition coefficient (Wildman–Crippen LogP) is -0.516. The third-order valence-corrected chi connectivity index (χ3v) is 1.64. The van der Waals surface area contributed by atoms with Crippen LogP contribution in [0.3, 0.4) is 0 Å². The fraction of sp³-hybridized carbons (Fsp3) is 0.833. The van der Waals surface area contributed by atoms with Crippen LogP contribution in [0.2, 0.25) is 0 Å². The maximum Gasteiger partial charge on any atom is 0.207 e. The van der Waals surface area contributed by atoms with Gasteiger partial charge in [-0.05, 0) is 25.9 Å². The summed E-state index contributed by atoms with van der Waals surface area (Å²) in [4.78, 5) is 9.94. The molecule has 0 atom stereocenters. The zero-order valence-corrected chi connectivity index (χ0v) is 5.39. The largest absolute Gasteiger partial charge is 0.356 e. The van der Waals surface area contributed by atoms with Gasteiger partial charge in [0.2, 0.25) is 6.41 Å². The Morgan fingerprint density at radius 3 is 2.67 bits per heavy atom. The smallest absolute Gasteiger partial charge is 0.207 e. The summed E-state index contributed by atoms with van der Waals surface area (Å²) >= 11 is 0. The lowest BCUT2D eigenvalue weighted by Gasteiger charge is -2.21. The molecule has 1 aliphatic rings. The summed E-state index contributed by atoms with van der Waals surface area (Å²) in [6.07, 6.45) is 2.92. The summed E-state index contributed by atoms with van der Waals surface area (Å²) < 4.78 is 0. The van der Waals surface area contributed by atoms with Crippen molar-refractivity contribution in [3.05, 3.63) is 0 Å². The van der Waals surface area contributed by atoms with Crippen molar-refractivity contribution < 1.29 is 4.79 Å². The molecule has 3 nitrogen and oxygen atoms in total. The molecule has 0 aromatic rings. The molecule has 1 saturated heterocycles. The van der Waals surface area contributed by atoms with Crippen LogP contribution < -0.4 is 10.6 Å². The van der Waals surface area contributed by atoms with Gasteiger partial charge in [-0.15, -0.1) is 0 Å². The molecule has 0 bridgehead atoms. The normalized spacial score (nSPS) is 21.3. The lowest BCUT2D eigenvalue weighted by Crippen LogP contribution is -2.39. The Kier molecular flexibility index (Phi) is 2.51. The van der Waals surface area contributed by atoms with E-state index in [-0.39, 0.29) is 0 Å². The molecule has 0 saturated carbocycles. The van der Waals surface area contributed by atoms with Crippen LogP contribution >= 0.6 is 0 Å². The number of amides is 1. The van der Waals surface area contributed by atoms with Crippen molar-refractivity contribution in [2.45, 2.75) is 18.9 Å². The molecule has 1 heterocycles. The Bertz CT molecular complexity index is 89.1. The van der Waals surface area contributed by atoms with Crippen molar-refractivity contribution in [1.82, 2.24) is 10.6 Å². The minimum Gasteiger partial charge on any atom is -0.356 e. The molecule has 0 aliphatic carbocycles. The van der Waals surface area contributed by atoms with Crippen molar-refractivity contribution in [2.24, 2.45) is 0 Å². The van der Waals surface area contributed by atoms with E-state index in [0.29, 0.717) is 6.04 Å². The molecule has 1 amide bonds. The van der Waals surface area contributed by atoms with Gasteiger partial charge in [-0.2, -0.15) is 0 Å². The second-order valence-corrected chi connectivity index (χ2v) is 2.31. The number of rotatable bonds is 2. The van der Waals surface area contributed by atoms with Crippen LogP contribution in [0.1, 0.15) is 12.8 Å². The molecule has 1 aliphatic heterocycles. The Hall–Kier alpha value is -0.570. The number of carbonyl (C=O) groups excluding carboxylic acids is 1. The van der Waals surface area contributed by atoms with Crippen LogP contribution in [0.4, 0.5) is 0 Å². The highest BCUT2D eigenvalue weighted by Gasteiger charge is 2.09. The first-order chi connectivity index (χ1) is 4.43. The van der Waals surface area contributed by atoms with E-state index in [0.717, 1.165) is 32.3 Å². The summed E-state index contributed by atoms with van der Waals surface area (Å²) in [5, 5.41) is 5.98. The summed E-state index contributed by atoms with van der Waals surface area (Å²) in [6.45, 7) is 2.07. The van der Waals surface area contributed by atoms with Gasteiger partial charge in [0.05, 0.1) is 0 Å². The van der Waals surface area contributed by atoms with Gasteiger partial charge in [0.1, 0.15) is 0 Å². The zero-order chi connectivity index (χ0) is 6.53. The van der Waals surface area contributed by atoms with E-state index in [4.69, 9.17) is 0 Å². The van der Waals surface area contributed by atoms with Gasteiger partial charge in [-0.1, -0.05) is 0 Å². The van der Waals surface area contributed by atoms with Gasteiger partial charge in [0, 0.05) is 6.04 Å². The minimum absolute atomic E-state index is 0.420. The molecule has 0 aromatic carbocycles. The van der Waals surface area contributed by atoms with Crippen molar-refractivity contribution in [3.8, 4) is 0 Å². The maximum atomic E-state index is 9.94. The summed E-state index contributed by atoms with van der Waals surface area (Å²) in [7, 11) is 0. The van der Waals surface area contributed by atoms with Crippen LogP contribution in [0.5, 0.6) is 0 Å². The SMILES string of the molecule is O=CNC1CCNCC1. The zero-order valence-electron chi connectivity index (χ0n) is 5.39. The Morgan fingerprint density at radius 1 is 1.44 bits per heavy atom. The van der Waals surface area contributed by atoms with E-state index in [2.05, 4.69) is 10.6 Å². The predicted molar refractivity (Wildman–Crippen MR) is 35.1 cm³/mol. The first-order valence-corrected chi connectivity index (χ1v) is 3.34. The molecular formula is C6H12N2O. The summed E-state index contributed by atoms with van der Waals surface area (Å²) in [6, 6.07) is 0.420. The van der Waals surface area contributed by atoms with E-state index < -0.39 is 0 Å². The van der Waals surface area contributed by atoms with Crippen LogP contribution in [-0.4, -0.2) is 25.5 Å². The molecule has 9 heavy (non-hydrogen) atoms. The lowest BCUT2D eigenvalue weighted by atomic mass is 10.1. The Morgan fingerprint density at radius 2 is 2.11 bits per heavy atom. The highest BCUT2D eigenvalue weighted by atomic mass is 16.1. The van der Waals surface area contributed by atoms with E-state index in [1.807, 2.05) is 0 Å². The lowest BCUT2D eigenvalue weighted by molar-refractivity contribution is -0.110. The Balaban J connectivity index is 2.15. The van der Waals surface area contributed by atoms with Gasteiger partial charge >= 0.3 is 0 Å². The Labute approximate surface area is 54.8 Å². The first-order valence-electron chi connectivity index (χ1n) is 3.34.